The Morgan fingerprint density at radius 1 is 1.47 bits per heavy atom. The van der Waals surface area contributed by atoms with Crippen LogP contribution in [0.25, 0.3) is 0 Å². The molecular formula is C13H14N4OS. The molecule has 0 spiro atoms. The Morgan fingerprint density at radius 3 is 3.21 bits per heavy atom. The quantitative estimate of drug-likeness (QED) is 0.645. The summed E-state index contributed by atoms with van der Waals surface area (Å²) in [6.45, 7) is 1.40. The number of thiophene rings is 1. The van der Waals surface area contributed by atoms with Crippen LogP contribution in [0.2, 0.25) is 0 Å². The average molecular weight is 274 g/mol. The third kappa shape index (κ3) is 2.20. The van der Waals surface area contributed by atoms with Gasteiger partial charge in [-0.2, -0.15) is 0 Å². The molecule has 6 heteroatoms. The van der Waals surface area contributed by atoms with Gasteiger partial charge in [-0.25, -0.2) is 0 Å². The molecule has 3 heterocycles. The predicted octanol–water partition coefficient (Wildman–Crippen LogP) is 1.63. The van der Waals surface area contributed by atoms with Crippen molar-refractivity contribution < 1.29 is 4.79 Å². The number of hydrazine groups is 1. The molecule has 0 bridgehead atoms. The van der Waals surface area contributed by atoms with Crippen LogP contribution in [-0.4, -0.2) is 22.3 Å². The van der Waals surface area contributed by atoms with Gasteiger partial charge in [0.15, 0.2) is 0 Å². The van der Waals surface area contributed by atoms with E-state index in [1.807, 2.05) is 4.90 Å². The molecule has 0 aromatic carbocycles. The van der Waals surface area contributed by atoms with Gasteiger partial charge in [-0.1, -0.05) is 0 Å². The molecular weight excluding hydrogens is 260 g/mol. The summed E-state index contributed by atoms with van der Waals surface area (Å²) >= 11 is 1.76. The summed E-state index contributed by atoms with van der Waals surface area (Å²) in [5.41, 5.74) is 4.92. The van der Waals surface area contributed by atoms with Crippen molar-refractivity contribution in [1.29, 1.82) is 0 Å². The van der Waals surface area contributed by atoms with Crippen molar-refractivity contribution in [3.05, 3.63) is 45.9 Å². The molecule has 19 heavy (non-hydrogen) atoms. The van der Waals surface area contributed by atoms with Crippen molar-refractivity contribution in [1.82, 2.24) is 9.88 Å². The Labute approximate surface area is 115 Å². The lowest BCUT2D eigenvalue weighted by Gasteiger charge is -2.27. The molecule has 0 fully saturated rings. The molecule has 3 rings (SSSR count). The maximum atomic E-state index is 12.5. The summed E-state index contributed by atoms with van der Waals surface area (Å²) < 4.78 is 0. The minimum Gasteiger partial charge on any atom is -0.334 e. The molecule has 0 aliphatic carbocycles. The number of rotatable bonds is 2. The number of anilines is 1. The fraction of sp³-hybridized carbons (Fsp3) is 0.231. The van der Waals surface area contributed by atoms with E-state index < -0.39 is 0 Å². The van der Waals surface area contributed by atoms with Gasteiger partial charge in [-0.05, 0) is 29.5 Å². The van der Waals surface area contributed by atoms with Crippen LogP contribution in [0.3, 0.4) is 0 Å². The predicted molar refractivity (Wildman–Crippen MR) is 74.8 cm³/mol. The lowest BCUT2D eigenvalue weighted by Crippen LogP contribution is -2.36. The highest BCUT2D eigenvalue weighted by atomic mass is 32.1. The van der Waals surface area contributed by atoms with Crippen molar-refractivity contribution in [3.8, 4) is 0 Å². The monoisotopic (exact) mass is 274 g/mol. The Balaban J connectivity index is 1.85. The standard InChI is InChI=1S/C13H14N4OS/c14-16-11-1-4-15-7-10(11)13(18)17-5-2-12-9(8-17)3-6-19-12/h1,3-4,6-7H,2,5,8,14H2,(H,15,16). The number of nitrogens with two attached hydrogens (primary N) is 1. The third-order valence-electron chi connectivity index (χ3n) is 3.30. The molecule has 2 aromatic heterocycles. The van der Waals surface area contributed by atoms with Gasteiger partial charge in [0.1, 0.15) is 0 Å². The second kappa shape index (κ2) is 4.99. The zero-order chi connectivity index (χ0) is 13.2. The minimum absolute atomic E-state index is 0.0297. The summed E-state index contributed by atoms with van der Waals surface area (Å²) in [5, 5.41) is 2.08. The van der Waals surface area contributed by atoms with E-state index in [0.717, 1.165) is 13.0 Å². The van der Waals surface area contributed by atoms with E-state index in [1.54, 1.807) is 29.8 Å². The number of nitrogens with one attached hydrogen (secondary N) is 1. The molecule has 0 atom stereocenters. The maximum Gasteiger partial charge on any atom is 0.257 e. The lowest BCUT2D eigenvalue weighted by atomic mass is 10.1. The van der Waals surface area contributed by atoms with Crippen LogP contribution in [0.4, 0.5) is 5.69 Å². The molecule has 0 saturated heterocycles. The average Bonchev–Trinajstić information content (AvgIpc) is 2.93. The summed E-state index contributed by atoms with van der Waals surface area (Å²) in [5.74, 6) is 5.40. The first-order valence-electron chi connectivity index (χ1n) is 6.04. The number of amides is 1. The molecule has 5 nitrogen and oxygen atoms in total. The van der Waals surface area contributed by atoms with Gasteiger partial charge in [0.2, 0.25) is 0 Å². The molecule has 2 aromatic rings. The van der Waals surface area contributed by atoms with Crippen molar-refractivity contribution >= 4 is 22.9 Å². The molecule has 0 radical (unpaired) electrons. The molecule has 98 valence electrons. The Kier molecular flexibility index (Phi) is 3.18. The number of fused-ring (bicyclic) bond motifs is 1. The van der Waals surface area contributed by atoms with Crippen LogP contribution in [0, 0.1) is 0 Å². The Bertz CT molecular complexity index is 610. The normalized spacial score (nSPS) is 14.1. The van der Waals surface area contributed by atoms with Crippen molar-refractivity contribution in [2.75, 3.05) is 12.0 Å². The largest absolute Gasteiger partial charge is 0.334 e. The van der Waals surface area contributed by atoms with Gasteiger partial charge in [0.05, 0.1) is 11.3 Å². The van der Waals surface area contributed by atoms with Crippen LogP contribution in [-0.2, 0) is 13.0 Å². The van der Waals surface area contributed by atoms with Gasteiger partial charge in [-0.3, -0.25) is 15.6 Å². The number of nitrogen functional groups attached to an aromatic ring is 1. The van der Waals surface area contributed by atoms with Gasteiger partial charge in [-0.15, -0.1) is 11.3 Å². The summed E-state index contributed by atoms with van der Waals surface area (Å²) in [6.07, 6.45) is 4.09. The van der Waals surface area contributed by atoms with E-state index in [9.17, 15) is 4.79 Å². The molecule has 3 N–H and O–H groups in total. The van der Waals surface area contributed by atoms with E-state index in [0.29, 0.717) is 17.8 Å². The molecule has 0 saturated carbocycles. The number of hydrogen-bond donors (Lipinski definition) is 2. The molecule has 1 aliphatic heterocycles. The zero-order valence-corrected chi connectivity index (χ0v) is 11.1. The minimum atomic E-state index is -0.0297. The van der Waals surface area contributed by atoms with E-state index in [4.69, 9.17) is 5.84 Å². The zero-order valence-electron chi connectivity index (χ0n) is 10.3. The first-order chi connectivity index (χ1) is 9.29. The van der Waals surface area contributed by atoms with Gasteiger partial charge in [0, 0.05) is 30.4 Å². The summed E-state index contributed by atoms with van der Waals surface area (Å²) in [4.78, 5) is 19.7. The second-order valence-electron chi connectivity index (χ2n) is 4.41. The van der Waals surface area contributed by atoms with Crippen LogP contribution < -0.4 is 11.3 Å². The fourth-order valence-corrected chi connectivity index (χ4v) is 3.17. The SMILES string of the molecule is NNc1ccncc1C(=O)N1CCc2sccc2C1. The number of nitrogens with zero attached hydrogens (tertiary/aromatic N) is 2. The number of pyridine rings is 1. The number of hydrogen-bond acceptors (Lipinski definition) is 5. The first-order valence-corrected chi connectivity index (χ1v) is 6.92. The molecule has 0 unspecified atom stereocenters. The van der Waals surface area contributed by atoms with Gasteiger partial charge < -0.3 is 10.3 Å². The second-order valence-corrected chi connectivity index (χ2v) is 5.41. The van der Waals surface area contributed by atoms with E-state index in [2.05, 4.69) is 21.9 Å². The topological polar surface area (TPSA) is 71.2 Å². The van der Waals surface area contributed by atoms with Crippen LogP contribution in [0.1, 0.15) is 20.8 Å². The third-order valence-corrected chi connectivity index (χ3v) is 4.32. The highest BCUT2D eigenvalue weighted by molar-refractivity contribution is 7.10. The van der Waals surface area contributed by atoms with Gasteiger partial charge in [0.25, 0.3) is 5.91 Å². The van der Waals surface area contributed by atoms with E-state index in [-0.39, 0.29) is 5.91 Å². The summed E-state index contributed by atoms with van der Waals surface area (Å²) in [6, 6.07) is 3.79. The fourth-order valence-electron chi connectivity index (χ4n) is 2.28. The number of carbonyl (C=O) groups is 1. The van der Waals surface area contributed by atoms with Crippen LogP contribution in [0.5, 0.6) is 0 Å². The van der Waals surface area contributed by atoms with Crippen LogP contribution >= 0.6 is 11.3 Å². The lowest BCUT2D eigenvalue weighted by molar-refractivity contribution is 0.0736. The van der Waals surface area contributed by atoms with E-state index in [1.165, 1.54) is 10.4 Å². The summed E-state index contributed by atoms with van der Waals surface area (Å²) in [7, 11) is 0. The first kappa shape index (κ1) is 12.1. The van der Waals surface area contributed by atoms with Crippen LogP contribution in [0.15, 0.2) is 29.9 Å². The molecule has 1 aliphatic rings. The Hall–Kier alpha value is -1.92. The Morgan fingerprint density at radius 2 is 2.37 bits per heavy atom. The van der Waals surface area contributed by atoms with Crippen molar-refractivity contribution in [2.24, 2.45) is 5.84 Å². The number of carbonyl (C=O) groups excluding carboxylic acids is 1. The highest BCUT2D eigenvalue weighted by Gasteiger charge is 2.24. The van der Waals surface area contributed by atoms with E-state index >= 15 is 0 Å². The highest BCUT2D eigenvalue weighted by Crippen LogP contribution is 2.26. The van der Waals surface area contributed by atoms with Crippen molar-refractivity contribution in [3.63, 3.8) is 0 Å². The number of aromatic nitrogens is 1. The van der Waals surface area contributed by atoms with Crippen molar-refractivity contribution in [2.45, 2.75) is 13.0 Å². The molecule has 1 amide bonds. The van der Waals surface area contributed by atoms with Gasteiger partial charge >= 0.3 is 0 Å². The smallest absolute Gasteiger partial charge is 0.257 e. The maximum absolute atomic E-state index is 12.5.